The summed E-state index contributed by atoms with van der Waals surface area (Å²) >= 11 is 1.78. The zero-order valence-electron chi connectivity index (χ0n) is 17.2. The molecule has 1 atom stereocenters. The van der Waals surface area contributed by atoms with Gasteiger partial charge in [0.2, 0.25) is 0 Å². The summed E-state index contributed by atoms with van der Waals surface area (Å²) in [5, 5.41) is 0. The molecule has 0 aliphatic carbocycles. The fraction of sp³-hybridized carbons (Fsp3) is 0.478. The maximum Gasteiger partial charge on any atom is 0.416 e. The Kier molecular flexibility index (Phi) is 9.21. The van der Waals surface area contributed by atoms with Crippen molar-refractivity contribution in [2.45, 2.75) is 50.6 Å². The van der Waals surface area contributed by atoms with E-state index in [0.717, 1.165) is 48.5 Å². The van der Waals surface area contributed by atoms with Crippen molar-refractivity contribution in [3.05, 3.63) is 53.6 Å². The van der Waals surface area contributed by atoms with Crippen LogP contribution in [0, 0.1) is 12.8 Å². The van der Waals surface area contributed by atoms with E-state index < -0.39 is 11.7 Å². The number of alkyl halides is 3. The van der Waals surface area contributed by atoms with Gasteiger partial charge in [0.05, 0.1) is 19.3 Å². The molecular weight excluding hydrogens is 397 g/mol. The number of ether oxygens (including phenoxy) is 2. The molecule has 0 aliphatic heterocycles. The zero-order valence-corrected chi connectivity index (χ0v) is 18.0. The van der Waals surface area contributed by atoms with Gasteiger partial charge in [-0.2, -0.15) is 13.2 Å². The van der Waals surface area contributed by atoms with Gasteiger partial charge in [-0.15, -0.1) is 11.8 Å². The van der Waals surface area contributed by atoms with Gasteiger partial charge in [-0.05, 0) is 61.4 Å². The standard InChI is InChI=1S/C23H29F3O2S/c1-4-5-6-7-18(16-29-21-12-13-22(27-3)17(2)14-21)15-28-20-10-8-19(9-11-20)23(24,25)26/h8-14,18H,4-7,15-16H2,1-3H3. The van der Waals surface area contributed by atoms with Crippen LogP contribution in [-0.4, -0.2) is 19.5 Å². The smallest absolute Gasteiger partial charge is 0.416 e. The summed E-state index contributed by atoms with van der Waals surface area (Å²) in [5.74, 6) is 2.58. The predicted octanol–water partition coefficient (Wildman–Crippen LogP) is 7.39. The summed E-state index contributed by atoms with van der Waals surface area (Å²) in [5.41, 5.74) is 0.441. The Morgan fingerprint density at radius 2 is 1.76 bits per heavy atom. The summed E-state index contributed by atoms with van der Waals surface area (Å²) in [7, 11) is 1.66. The molecule has 2 aromatic rings. The number of hydrogen-bond donors (Lipinski definition) is 0. The number of unbranched alkanes of at least 4 members (excludes halogenated alkanes) is 2. The normalized spacial score (nSPS) is 12.6. The summed E-state index contributed by atoms with van der Waals surface area (Å²) < 4.78 is 49.2. The van der Waals surface area contributed by atoms with Gasteiger partial charge in [0.25, 0.3) is 0 Å². The third-order valence-electron chi connectivity index (χ3n) is 4.74. The van der Waals surface area contributed by atoms with E-state index in [2.05, 4.69) is 19.1 Å². The summed E-state index contributed by atoms with van der Waals surface area (Å²) in [6, 6.07) is 11.1. The molecule has 0 aliphatic rings. The van der Waals surface area contributed by atoms with Gasteiger partial charge in [-0.1, -0.05) is 26.2 Å². The second kappa shape index (κ2) is 11.4. The van der Waals surface area contributed by atoms with Gasteiger partial charge in [0, 0.05) is 16.6 Å². The van der Waals surface area contributed by atoms with Crippen LogP contribution in [0.2, 0.25) is 0 Å². The minimum Gasteiger partial charge on any atom is -0.496 e. The lowest BCUT2D eigenvalue weighted by atomic mass is 10.0. The van der Waals surface area contributed by atoms with E-state index in [0.29, 0.717) is 18.3 Å². The molecule has 160 valence electrons. The molecule has 6 heteroatoms. The third kappa shape index (κ3) is 7.84. The van der Waals surface area contributed by atoms with E-state index in [9.17, 15) is 13.2 Å². The molecule has 0 N–H and O–H groups in total. The zero-order chi connectivity index (χ0) is 21.3. The number of hydrogen-bond acceptors (Lipinski definition) is 3. The molecule has 0 saturated heterocycles. The highest BCUT2D eigenvalue weighted by Gasteiger charge is 2.30. The topological polar surface area (TPSA) is 18.5 Å². The summed E-state index contributed by atoms with van der Waals surface area (Å²) in [4.78, 5) is 1.18. The fourth-order valence-corrected chi connectivity index (χ4v) is 4.12. The van der Waals surface area contributed by atoms with E-state index in [1.165, 1.54) is 23.4 Å². The minimum absolute atomic E-state index is 0.330. The summed E-state index contributed by atoms with van der Waals surface area (Å²) in [6.07, 6.45) is 0.158. The molecule has 0 bridgehead atoms. The monoisotopic (exact) mass is 426 g/mol. The van der Waals surface area contributed by atoms with Crippen LogP contribution in [0.5, 0.6) is 11.5 Å². The molecule has 0 amide bonds. The van der Waals surface area contributed by atoms with Crippen molar-refractivity contribution in [1.82, 2.24) is 0 Å². The molecule has 29 heavy (non-hydrogen) atoms. The van der Waals surface area contributed by atoms with Gasteiger partial charge in [0.1, 0.15) is 11.5 Å². The number of benzene rings is 2. The van der Waals surface area contributed by atoms with E-state index in [4.69, 9.17) is 9.47 Å². The van der Waals surface area contributed by atoms with Gasteiger partial charge in [-0.25, -0.2) is 0 Å². The molecule has 2 aromatic carbocycles. The molecule has 1 unspecified atom stereocenters. The van der Waals surface area contributed by atoms with Crippen molar-refractivity contribution >= 4 is 11.8 Å². The van der Waals surface area contributed by atoms with Crippen molar-refractivity contribution in [3.8, 4) is 11.5 Å². The Labute approximate surface area is 175 Å². The van der Waals surface area contributed by atoms with E-state index >= 15 is 0 Å². The van der Waals surface area contributed by atoms with Crippen molar-refractivity contribution in [3.63, 3.8) is 0 Å². The van der Waals surface area contributed by atoms with Gasteiger partial charge in [-0.3, -0.25) is 0 Å². The summed E-state index contributed by atoms with van der Waals surface area (Å²) in [6.45, 7) is 4.69. The molecule has 0 spiro atoms. The number of rotatable bonds is 11. The van der Waals surface area contributed by atoms with Crippen LogP contribution in [0.1, 0.15) is 43.7 Å². The highest BCUT2D eigenvalue weighted by molar-refractivity contribution is 7.99. The van der Waals surface area contributed by atoms with Gasteiger partial charge < -0.3 is 9.47 Å². The average molecular weight is 427 g/mol. The van der Waals surface area contributed by atoms with E-state index in [-0.39, 0.29) is 0 Å². The van der Waals surface area contributed by atoms with Crippen LogP contribution < -0.4 is 9.47 Å². The SMILES string of the molecule is CCCCCC(COc1ccc(C(F)(F)F)cc1)CSc1ccc(OC)c(C)c1. The molecule has 0 heterocycles. The Morgan fingerprint density at radius 1 is 1.03 bits per heavy atom. The lowest BCUT2D eigenvalue weighted by molar-refractivity contribution is -0.137. The first-order valence-electron chi connectivity index (χ1n) is 9.91. The van der Waals surface area contributed by atoms with Crippen LogP contribution >= 0.6 is 11.8 Å². The average Bonchev–Trinajstić information content (AvgIpc) is 2.69. The minimum atomic E-state index is -4.33. The van der Waals surface area contributed by atoms with E-state index in [1.807, 2.05) is 13.0 Å². The van der Waals surface area contributed by atoms with Gasteiger partial charge >= 0.3 is 6.18 Å². The van der Waals surface area contributed by atoms with Gasteiger partial charge in [0.15, 0.2) is 0 Å². The van der Waals surface area contributed by atoms with Crippen LogP contribution in [-0.2, 0) is 6.18 Å². The largest absolute Gasteiger partial charge is 0.496 e. The fourth-order valence-electron chi connectivity index (χ4n) is 3.01. The van der Waals surface area contributed by atoms with Crippen molar-refractivity contribution in [2.24, 2.45) is 5.92 Å². The van der Waals surface area contributed by atoms with Crippen LogP contribution in [0.3, 0.4) is 0 Å². The number of halogens is 3. The first kappa shape index (κ1) is 23.5. The van der Waals surface area contributed by atoms with Crippen molar-refractivity contribution in [2.75, 3.05) is 19.5 Å². The lowest BCUT2D eigenvalue weighted by Crippen LogP contribution is -2.15. The highest BCUT2D eigenvalue weighted by atomic mass is 32.2. The van der Waals surface area contributed by atoms with Crippen molar-refractivity contribution < 1.29 is 22.6 Å². The van der Waals surface area contributed by atoms with Crippen LogP contribution in [0.25, 0.3) is 0 Å². The molecule has 2 rings (SSSR count). The molecule has 0 aromatic heterocycles. The van der Waals surface area contributed by atoms with Crippen LogP contribution in [0.4, 0.5) is 13.2 Å². The molecule has 0 radical (unpaired) electrons. The maximum atomic E-state index is 12.7. The quantitative estimate of drug-likeness (QED) is 0.276. The molecule has 0 fully saturated rings. The van der Waals surface area contributed by atoms with Crippen LogP contribution in [0.15, 0.2) is 47.4 Å². The Bertz CT molecular complexity index is 745. The third-order valence-corrected chi connectivity index (χ3v) is 5.96. The number of methoxy groups -OCH3 is 1. The maximum absolute atomic E-state index is 12.7. The second-order valence-electron chi connectivity index (χ2n) is 7.14. The predicted molar refractivity (Wildman–Crippen MR) is 113 cm³/mol. The second-order valence-corrected chi connectivity index (χ2v) is 8.23. The lowest BCUT2D eigenvalue weighted by Gasteiger charge is -2.18. The Balaban J connectivity index is 1.94. The molecular formula is C23H29F3O2S. The Hall–Kier alpha value is -1.82. The highest BCUT2D eigenvalue weighted by Crippen LogP contribution is 2.31. The van der Waals surface area contributed by atoms with Crippen molar-refractivity contribution in [1.29, 1.82) is 0 Å². The number of aryl methyl sites for hydroxylation is 1. The molecule has 2 nitrogen and oxygen atoms in total. The Morgan fingerprint density at radius 3 is 2.34 bits per heavy atom. The first-order chi connectivity index (χ1) is 13.8. The van der Waals surface area contributed by atoms with E-state index in [1.54, 1.807) is 18.9 Å². The number of thioether (sulfide) groups is 1. The first-order valence-corrected chi connectivity index (χ1v) is 10.9. The molecule has 0 saturated carbocycles.